The van der Waals surface area contributed by atoms with Gasteiger partial charge < -0.3 is 15.3 Å². The fraction of sp³-hybridized carbons (Fsp3) is 0.800. The summed E-state index contributed by atoms with van der Waals surface area (Å²) in [5.74, 6) is -0.873. The Balaban J connectivity index is 3.99. The number of amides is 2. The molecule has 0 aliphatic rings. The molecule has 0 aromatic carbocycles. The highest BCUT2D eigenvalue weighted by Crippen LogP contribution is 2.02. The van der Waals surface area contributed by atoms with Crippen molar-refractivity contribution in [3.63, 3.8) is 0 Å². The Kier molecular flexibility index (Phi) is 7.24. The molecule has 3 N–H and O–H groups in total. The lowest BCUT2D eigenvalue weighted by atomic mass is 10.0. The van der Waals surface area contributed by atoms with Crippen LogP contribution < -0.4 is 10.8 Å². The molecule has 0 spiro atoms. The molecule has 100 valence electrons. The van der Waals surface area contributed by atoms with Gasteiger partial charge in [0.25, 0.3) is 0 Å². The molecule has 0 heterocycles. The molecule has 0 radical (unpaired) electrons. The van der Waals surface area contributed by atoms with Gasteiger partial charge >= 0.3 is 12.0 Å². The molecule has 0 aliphatic heterocycles. The van der Waals surface area contributed by atoms with Crippen LogP contribution in [0.3, 0.4) is 0 Å². The summed E-state index contributed by atoms with van der Waals surface area (Å²) >= 11 is 0. The third-order valence-electron chi connectivity index (χ3n) is 2.04. The Labute approximate surface area is 101 Å². The van der Waals surface area contributed by atoms with E-state index < -0.39 is 18.6 Å². The first kappa shape index (κ1) is 15.7. The molecule has 1 unspecified atom stereocenters. The van der Waals surface area contributed by atoms with Crippen LogP contribution in [0, 0.1) is 5.92 Å². The molecular weight excluding hydrogens is 226 g/mol. The van der Waals surface area contributed by atoms with Crippen molar-refractivity contribution in [2.75, 3.05) is 27.2 Å². The number of aliphatic carboxylic acids is 1. The van der Waals surface area contributed by atoms with Crippen LogP contribution in [-0.4, -0.2) is 55.3 Å². The van der Waals surface area contributed by atoms with Gasteiger partial charge in [0.15, 0.2) is 6.61 Å². The van der Waals surface area contributed by atoms with Crippen molar-refractivity contribution in [2.45, 2.75) is 19.9 Å². The van der Waals surface area contributed by atoms with Crippen LogP contribution in [0.2, 0.25) is 0 Å². The largest absolute Gasteiger partial charge is 0.479 e. The number of carbonyl (C=O) groups is 2. The Hall–Kier alpha value is -1.34. The number of carbonyl (C=O) groups excluding carboxylic acids is 1. The smallest absolute Gasteiger partial charge is 0.338 e. The predicted octanol–water partition coefficient (Wildman–Crippen LogP) is -0.112. The SMILES string of the molecule is CC(C)C(CN(C)C)NC(=O)NOCC(=O)O. The second-order valence-electron chi connectivity index (χ2n) is 4.37. The first-order valence-electron chi connectivity index (χ1n) is 5.37. The number of rotatable bonds is 7. The Morgan fingerprint density at radius 3 is 2.35 bits per heavy atom. The number of hydroxylamine groups is 1. The molecule has 0 aromatic rings. The maximum absolute atomic E-state index is 11.4. The van der Waals surface area contributed by atoms with Crippen LogP contribution in [0.5, 0.6) is 0 Å². The van der Waals surface area contributed by atoms with Crippen LogP contribution in [0.1, 0.15) is 13.8 Å². The Bertz CT molecular complexity index is 256. The van der Waals surface area contributed by atoms with Gasteiger partial charge in [0.2, 0.25) is 0 Å². The third kappa shape index (κ3) is 8.47. The first-order chi connectivity index (χ1) is 7.82. The maximum atomic E-state index is 11.4. The van der Waals surface area contributed by atoms with Gasteiger partial charge in [0, 0.05) is 12.6 Å². The summed E-state index contributed by atoms with van der Waals surface area (Å²) in [5, 5.41) is 11.0. The third-order valence-corrected chi connectivity index (χ3v) is 2.04. The highest BCUT2D eigenvalue weighted by molar-refractivity contribution is 5.73. The van der Waals surface area contributed by atoms with Gasteiger partial charge in [-0.15, -0.1) is 0 Å². The Morgan fingerprint density at radius 2 is 1.94 bits per heavy atom. The molecule has 0 bridgehead atoms. The molecule has 0 saturated heterocycles. The minimum Gasteiger partial charge on any atom is -0.479 e. The minimum atomic E-state index is -1.14. The number of nitrogens with zero attached hydrogens (tertiary/aromatic N) is 1. The van der Waals surface area contributed by atoms with E-state index in [0.29, 0.717) is 6.54 Å². The van der Waals surface area contributed by atoms with Crippen molar-refractivity contribution in [3.05, 3.63) is 0 Å². The van der Waals surface area contributed by atoms with E-state index in [9.17, 15) is 9.59 Å². The minimum absolute atomic E-state index is 0.0292. The summed E-state index contributed by atoms with van der Waals surface area (Å²) in [5.41, 5.74) is 2.02. The van der Waals surface area contributed by atoms with Gasteiger partial charge in [0.1, 0.15) is 0 Å². The van der Waals surface area contributed by atoms with Crippen LogP contribution in [0.15, 0.2) is 0 Å². The standard InChI is InChI=1S/C10H21N3O4/c1-7(2)8(5-13(3)4)11-10(16)12-17-6-9(14)15/h7-8H,5-6H2,1-4H3,(H,14,15)(H2,11,12,16). The second-order valence-corrected chi connectivity index (χ2v) is 4.37. The molecule has 0 aliphatic carbocycles. The number of nitrogens with one attached hydrogen (secondary N) is 2. The summed E-state index contributed by atoms with van der Waals surface area (Å²) in [7, 11) is 3.83. The second kappa shape index (κ2) is 7.86. The van der Waals surface area contributed by atoms with E-state index >= 15 is 0 Å². The number of urea groups is 1. The van der Waals surface area contributed by atoms with E-state index in [2.05, 4.69) is 10.2 Å². The summed E-state index contributed by atoms with van der Waals surface area (Å²) in [6, 6.07) is -0.565. The summed E-state index contributed by atoms with van der Waals surface area (Å²) in [6.07, 6.45) is 0. The van der Waals surface area contributed by atoms with Crippen LogP contribution in [0.4, 0.5) is 4.79 Å². The molecule has 7 nitrogen and oxygen atoms in total. The first-order valence-corrected chi connectivity index (χ1v) is 5.37. The zero-order valence-corrected chi connectivity index (χ0v) is 10.7. The number of carboxylic acids is 1. The molecule has 2 amide bonds. The van der Waals surface area contributed by atoms with Crippen molar-refractivity contribution >= 4 is 12.0 Å². The van der Waals surface area contributed by atoms with E-state index in [0.717, 1.165) is 0 Å². The van der Waals surface area contributed by atoms with Gasteiger partial charge in [-0.1, -0.05) is 13.8 Å². The van der Waals surface area contributed by atoms with Crippen molar-refractivity contribution in [3.8, 4) is 0 Å². The van der Waals surface area contributed by atoms with E-state index in [1.807, 2.05) is 38.3 Å². The zero-order valence-electron chi connectivity index (χ0n) is 10.7. The fourth-order valence-corrected chi connectivity index (χ4v) is 1.18. The summed E-state index contributed by atoms with van der Waals surface area (Å²) in [6.45, 7) is 4.12. The number of hydrogen-bond donors (Lipinski definition) is 3. The lowest BCUT2D eigenvalue weighted by molar-refractivity contribution is -0.144. The monoisotopic (exact) mass is 247 g/mol. The summed E-state index contributed by atoms with van der Waals surface area (Å²) < 4.78 is 0. The maximum Gasteiger partial charge on any atom is 0.338 e. The normalized spacial score (nSPS) is 12.6. The van der Waals surface area contributed by atoms with Crippen LogP contribution in [-0.2, 0) is 9.63 Å². The van der Waals surface area contributed by atoms with Gasteiger partial charge in [-0.05, 0) is 20.0 Å². The lowest BCUT2D eigenvalue weighted by Gasteiger charge is -2.25. The van der Waals surface area contributed by atoms with Gasteiger partial charge in [-0.3, -0.25) is 4.84 Å². The number of hydrogen-bond acceptors (Lipinski definition) is 4. The summed E-state index contributed by atoms with van der Waals surface area (Å²) in [4.78, 5) is 27.9. The van der Waals surface area contributed by atoms with Crippen molar-refractivity contribution < 1.29 is 19.5 Å². The molecule has 17 heavy (non-hydrogen) atoms. The fourth-order valence-electron chi connectivity index (χ4n) is 1.18. The number of likely N-dealkylation sites (N-methyl/N-ethyl adjacent to an activating group) is 1. The lowest BCUT2D eigenvalue weighted by Crippen LogP contribution is -2.49. The van der Waals surface area contributed by atoms with E-state index in [4.69, 9.17) is 5.11 Å². The Morgan fingerprint density at radius 1 is 1.35 bits per heavy atom. The van der Waals surface area contributed by atoms with Gasteiger partial charge in [-0.25, -0.2) is 15.1 Å². The van der Waals surface area contributed by atoms with E-state index in [1.165, 1.54) is 0 Å². The molecule has 0 fully saturated rings. The average molecular weight is 247 g/mol. The molecule has 0 saturated carbocycles. The van der Waals surface area contributed by atoms with Crippen molar-refractivity contribution in [1.29, 1.82) is 0 Å². The average Bonchev–Trinajstić information content (AvgIpc) is 2.15. The highest BCUT2D eigenvalue weighted by Gasteiger charge is 2.16. The molecule has 0 rings (SSSR count). The van der Waals surface area contributed by atoms with Crippen molar-refractivity contribution in [2.24, 2.45) is 5.92 Å². The quantitative estimate of drug-likeness (QED) is 0.546. The number of carboxylic acid groups (broad SMARTS) is 1. The molecule has 7 heteroatoms. The zero-order chi connectivity index (χ0) is 13.4. The molecule has 0 aromatic heterocycles. The van der Waals surface area contributed by atoms with E-state index in [-0.39, 0.29) is 12.0 Å². The van der Waals surface area contributed by atoms with Crippen LogP contribution in [0.25, 0.3) is 0 Å². The van der Waals surface area contributed by atoms with E-state index in [1.54, 1.807) is 0 Å². The van der Waals surface area contributed by atoms with Gasteiger partial charge in [0.05, 0.1) is 0 Å². The highest BCUT2D eigenvalue weighted by atomic mass is 16.7. The predicted molar refractivity (Wildman–Crippen MR) is 62.4 cm³/mol. The topological polar surface area (TPSA) is 90.9 Å². The van der Waals surface area contributed by atoms with Crippen LogP contribution >= 0.6 is 0 Å². The van der Waals surface area contributed by atoms with Gasteiger partial charge in [-0.2, -0.15) is 0 Å². The molecule has 1 atom stereocenters. The molecular formula is C10H21N3O4. The van der Waals surface area contributed by atoms with Crippen molar-refractivity contribution in [1.82, 2.24) is 15.7 Å².